The standard InChI is InChI=1S/C13H15FN2OS/c1-15-5-2-6-16-13(17)12-8-9-7-10(14)3-4-11(9)18-12/h3-4,7-8,15H,2,5-6H2,1H3,(H,16,17). The molecule has 3 nitrogen and oxygen atoms in total. The molecular formula is C13H15FN2OS. The largest absolute Gasteiger partial charge is 0.351 e. The molecule has 0 fully saturated rings. The van der Waals surface area contributed by atoms with Gasteiger partial charge in [0.1, 0.15) is 5.82 Å². The summed E-state index contributed by atoms with van der Waals surface area (Å²) in [5.74, 6) is -0.367. The monoisotopic (exact) mass is 266 g/mol. The second kappa shape index (κ2) is 5.93. The zero-order valence-electron chi connectivity index (χ0n) is 10.1. The van der Waals surface area contributed by atoms with Gasteiger partial charge in [-0.05, 0) is 49.7 Å². The molecule has 0 spiro atoms. The van der Waals surface area contributed by atoms with E-state index < -0.39 is 0 Å². The third-order valence-corrected chi connectivity index (χ3v) is 3.71. The van der Waals surface area contributed by atoms with Crippen molar-refractivity contribution < 1.29 is 9.18 Å². The van der Waals surface area contributed by atoms with E-state index in [0.717, 1.165) is 23.1 Å². The van der Waals surface area contributed by atoms with E-state index in [0.29, 0.717) is 11.4 Å². The first-order valence-electron chi connectivity index (χ1n) is 5.82. The molecule has 2 rings (SSSR count). The molecule has 0 radical (unpaired) electrons. The van der Waals surface area contributed by atoms with Crippen molar-refractivity contribution in [1.29, 1.82) is 0 Å². The van der Waals surface area contributed by atoms with Crippen molar-refractivity contribution in [2.24, 2.45) is 0 Å². The minimum atomic E-state index is -0.277. The van der Waals surface area contributed by atoms with Crippen LogP contribution in [0.4, 0.5) is 4.39 Å². The number of carbonyl (C=O) groups is 1. The topological polar surface area (TPSA) is 41.1 Å². The molecule has 0 aliphatic carbocycles. The average Bonchev–Trinajstić information content (AvgIpc) is 2.77. The maximum absolute atomic E-state index is 13.0. The highest BCUT2D eigenvalue weighted by molar-refractivity contribution is 7.20. The third-order valence-electron chi connectivity index (χ3n) is 2.59. The van der Waals surface area contributed by atoms with Crippen molar-refractivity contribution in [3.8, 4) is 0 Å². The van der Waals surface area contributed by atoms with E-state index in [9.17, 15) is 9.18 Å². The zero-order valence-corrected chi connectivity index (χ0v) is 10.9. The number of thiophene rings is 1. The van der Waals surface area contributed by atoms with E-state index in [1.54, 1.807) is 12.1 Å². The Bertz CT molecular complexity index is 553. The number of rotatable bonds is 5. The van der Waals surface area contributed by atoms with E-state index >= 15 is 0 Å². The molecule has 2 aromatic rings. The van der Waals surface area contributed by atoms with E-state index in [1.165, 1.54) is 23.5 Å². The Morgan fingerprint density at radius 1 is 1.33 bits per heavy atom. The summed E-state index contributed by atoms with van der Waals surface area (Å²) < 4.78 is 14.0. The van der Waals surface area contributed by atoms with E-state index in [2.05, 4.69) is 10.6 Å². The van der Waals surface area contributed by atoms with Crippen LogP contribution < -0.4 is 10.6 Å². The molecule has 18 heavy (non-hydrogen) atoms. The Morgan fingerprint density at radius 2 is 2.17 bits per heavy atom. The third kappa shape index (κ3) is 3.05. The molecule has 0 saturated heterocycles. The summed E-state index contributed by atoms with van der Waals surface area (Å²) in [6, 6.07) is 6.29. The maximum atomic E-state index is 13.0. The second-order valence-electron chi connectivity index (χ2n) is 4.01. The SMILES string of the molecule is CNCCCNC(=O)c1cc2cc(F)ccc2s1. The number of benzene rings is 1. The van der Waals surface area contributed by atoms with E-state index in [4.69, 9.17) is 0 Å². The lowest BCUT2D eigenvalue weighted by Crippen LogP contribution is -2.25. The lowest BCUT2D eigenvalue weighted by molar-refractivity contribution is 0.0957. The van der Waals surface area contributed by atoms with Gasteiger partial charge in [0.25, 0.3) is 5.91 Å². The van der Waals surface area contributed by atoms with Gasteiger partial charge < -0.3 is 10.6 Å². The highest BCUT2D eigenvalue weighted by Gasteiger charge is 2.09. The molecule has 0 aliphatic heterocycles. The lowest BCUT2D eigenvalue weighted by atomic mass is 10.2. The highest BCUT2D eigenvalue weighted by Crippen LogP contribution is 2.26. The number of carbonyl (C=O) groups excluding carboxylic acids is 1. The number of hydrogen-bond acceptors (Lipinski definition) is 3. The molecule has 5 heteroatoms. The van der Waals surface area contributed by atoms with E-state index in [1.807, 2.05) is 7.05 Å². The van der Waals surface area contributed by atoms with Crippen molar-refractivity contribution >= 4 is 27.3 Å². The Morgan fingerprint density at radius 3 is 2.94 bits per heavy atom. The Labute approximate surface area is 109 Å². The lowest BCUT2D eigenvalue weighted by Gasteiger charge is -2.02. The summed E-state index contributed by atoms with van der Waals surface area (Å²) >= 11 is 1.38. The molecule has 0 unspecified atom stereocenters. The fraction of sp³-hybridized carbons (Fsp3) is 0.308. The summed E-state index contributed by atoms with van der Waals surface area (Å²) in [5.41, 5.74) is 0. The van der Waals surface area contributed by atoms with Crippen molar-refractivity contribution in [2.45, 2.75) is 6.42 Å². The molecule has 1 heterocycles. The van der Waals surface area contributed by atoms with E-state index in [-0.39, 0.29) is 11.7 Å². The van der Waals surface area contributed by atoms with Crippen LogP contribution in [0, 0.1) is 5.82 Å². The highest BCUT2D eigenvalue weighted by atomic mass is 32.1. The fourth-order valence-electron chi connectivity index (χ4n) is 1.68. The molecule has 0 saturated carbocycles. The first-order valence-corrected chi connectivity index (χ1v) is 6.64. The predicted molar refractivity (Wildman–Crippen MR) is 72.7 cm³/mol. The van der Waals surface area contributed by atoms with Gasteiger partial charge in [-0.2, -0.15) is 0 Å². The molecule has 0 bridgehead atoms. The summed E-state index contributed by atoms with van der Waals surface area (Å²) in [6.45, 7) is 1.51. The van der Waals surface area contributed by atoms with Crippen LogP contribution in [0.2, 0.25) is 0 Å². The fourth-order valence-corrected chi connectivity index (χ4v) is 2.64. The van der Waals surface area contributed by atoms with Gasteiger partial charge >= 0.3 is 0 Å². The van der Waals surface area contributed by atoms with Crippen molar-refractivity contribution in [3.63, 3.8) is 0 Å². The summed E-state index contributed by atoms with van der Waals surface area (Å²) in [4.78, 5) is 12.5. The van der Waals surface area contributed by atoms with Gasteiger partial charge in [-0.1, -0.05) is 0 Å². The Balaban J connectivity index is 2.04. The van der Waals surface area contributed by atoms with Crippen LogP contribution in [0.25, 0.3) is 10.1 Å². The number of hydrogen-bond donors (Lipinski definition) is 2. The van der Waals surface area contributed by atoms with Gasteiger partial charge in [0.05, 0.1) is 4.88 Å². The summed E-state index contributed by atoms with van der Waals surface area (Å²) in [5, 5.41) is 6.64. The summed E-state index contributed by atoms with van der Waals surface area (Å²) in [6.07, 6.45) is 0.891. The van der Waals surface area contributed by atoms with Gasteiger partial charge in [0, 0.05) is 11.2 Å². The number of fused-ring (bicyclic) bond motifs is 1. The molecule has 1 amide bonds. The van der Waals surface area contributed by atoms with Crippen molar-refractivity contribution in [3.05, 3.63) is 35.0 Å². The van der Waals surface area contributed by atoms with Crippen LogP contribution in [0.1, 0.15) is 16.1 Å². The number of nitrogens with one attached hydrogen (secondary N) is 2. The van der Waals surface area contributed by atoms with Crippen LogP contribution in [-0.2, 0) is 0 Å². The molecule has 0 atom stereocenters. The molecule has 96 valence electrons. The minimum absolute atomic E-state index is 0.0901. The minimum Gasteiger partial charge on any atom is -0.351 e. The van der Waals surface area contributed by atoms with Crippen LogP contribution in [-0.4, -0.2) is 26.0 Å². The van der Waals surface area contributed by atoms with Gasteiger partial charge in [-0.3, -0.25) is 4.79 Å². The van der Waals surface area contributed by atoms with Gasteiger partial charge in [0.2, 0.25) is 0 Å². The maximum Gasteiger partial charge on any atom is 0.261 e. The Hall–Kier alpha value is -1.46. The summed E-state index contributed by atoms with van der Waals surface area (Å²) in [7, 11) is 1.88. The van der Waals surface area contributed by atoms with Crippen LogP contribution in [0.5, 0.6) is 0 Å². The number of amides is 1. The Kier molecular flexibility index (Phi) is 4.28. The normalized spacial score (nSPS) is 10.8. The first kappa shape index (κ1) is 13.0. The first-order chi connectivity index (χ1) is 8.70. The van der Waals surface area contributed by atoms with Crippen LogP contribution in [0.15, 0.2) is 24.3 Å². The molecule has 0 aliphatic rings. The van der Waals surface area contributed by atoms with Gasteiger partial charge in [-0.15, -0.1) is 11.3 Å². The quantitative estimate of drug-likeness (QED) is 0.816. The van der Waals surface area contributed by atoms with Gasteiger partial charge in [0.15, 0.2) is 0 Å². The molecular weight excluding hydrogens is 251 g/mol. The predicted octanol–water partition coefficient (Wildman–Crippen LogP) is 2.38. The molecule has 1 aromatic carbocycles. The number of halogens is 1. The molecule has 2 N–H and O–H groups in total. The van der Waals surface area contributed by atoms with Crippen molar-refractivity contribution in [1.82, 2.24) is 10.6 Å². The smallest absolute Gasteiger partial charge is 0.261 e. The van der Waals surface area contributed by atoms with Gasteiger partial charge in [-0.25, -0.2) is 4.39 Å². The average molecular weight is 266 g/mol. The van der Waals surface area contributed by atoms with Crippen molar-refractivity contribution in [2.75, 3.05) is 20.1 Å². The molecule has 1 aromatic heterocycles. The van der Waals surface area contributed by atoms with Crippen LogP contribution >= 0.6 is 11.3 Å². The van der Waals surface area contributed by atoms with Crippen LogP contribution in [0.3, 0.4) is 0 Å². The zero-order chi connectivity index (χ0) is 13.0. The second-order valence-corrected chi connectivity index (χ2v) is 5.09.